The molecule has 0 N–H and O–H groups in total. The first-order valence-corrected chi connectivity index (χ1v) is 9.49. The molecule has 2 aliphatic carbocycles. The zero-order valence-electron chi connectivity index (χ0n) is 14.0. The Labute approximate surface area is 149 Å². The van der Waals surface area contributed by atoms with Gasteiger partial charge in [-0.15, -0.1) is 11.8 Å². The van der Waals surface area contributed by atoms with E-state index >= 15 is 4.39 Å². The maximum atomic E-state index is 15.3. The van der Waals surface area contributed by atoms with Crippen molar-refractivity contribution in [1.29, 1.82) is 0 Å². The lowest BCUT2D eigenvalue weighted by atomic mass is 9.87. The number of hydrogen-bond donors (Lipinski definition) is 0. The Morgan fingerprint density at radius 2 is 1.88 bits per heavy atom. The number of allylic oxidation sites excluding steroid dienone is 3. The van der Waals surface area contributed by atoms with Gasteiger partial charge in [0.1, 0.15) is 0 Å². The fourth-order valence-electron chi connectivity index (χ4n) is 3.30. The number of alkyl halides is 1. The van der Waals surface area contributed by atoms with Gasteiger partial charge in [0.2, 0.25) is 5.82 Å². The molecule has 0 amide bonds. The van der Waals surface area contributed by atoms with Crippen LogP contribution in [0.2, 0.25) is 0 Å². The minimum atomic E-state index is -2.69. The number of rotatable bonds is 5. The second-order valence-corrected chi connectivity index (χ2v) is 7.59. The predicted molar refractivity (Wildman–Crippen MR) is 92.1 cm³/mol. The summed E-state index contributed by atoms with van der Waals surface area (Å²) in [7, 11) is 0. The minimum absolute atomic E-state index is 0.113. The van der Waals surface area contributed by atoms with Crippen molar-refractivity contribution < 1.29 is 22.3 Å². The van der Waals surface area contributed by atoms with Gasteiger partial charge in [-0.25, -0.2) is 13.2 Å². The highest BCUT2D eigenvalue weighted by molar-refractivity contribution is 8.03. The molecule has 0 aliphatic heterocycles. The molecule has 0 heterocycles. The first-order valence-electron chi connectivity index (χ1n) is 8.51. The zero-order valence-corrected chi connectivity index (χ0v) is 14.8. The molecule has 1 nitrogen and oxygen atoms in total. The fraction of sp³-hybridized carbons (Fsp3) is 0.474. The van der Waals surface area contributed by atoms with Crippen LogP contribution < -0.4 is 4.74 Å². The highest BCUT2D eigenvalue weighted by atomic mass is 32.2. The summed E-state index contributed by atoms with van der Waals surface area (Å²) in [5, 5.41) is 0. The Kier molecular flexibility index (Phi) is 5.46. The lowest BCUT2D eigenvalue weighted by molar-refractivity contribution is 0.165. The van der Waals surface area contributed by atoms with Gasteiger partial charge in [-0.1, -0.05) is 13.0 Å². The van der Waals surface area contributed by atoms with E-state index in [2.05, 4.69) is 0 Å². The van der Waals surface area contributed by atoms with E-state index in [0.29, 0.717) is 5.75 Å². The minimum Gasteiger partial charge on any atom is -0.487 e. The van der Waals surface area contributed by atoms with Crippen LogP contribution in [0.4, 0.5) is 17.6 Å². The molecule has 136 valence electrons. The molecule has 0 saturated heterocycles. The van der Waals surface area contributed by atoms with Crippen molar-refractivity contribution in [2.24, 2.45) is 0 Å². The summed E-state index contributed by atoms with van der Waals surface area (Å²) in [5.41, 5.74) is -3.32. The van der Waals surface area contributed by atoms with E-state index in [1.165, 1.54) is 18.2 Å². The molecule has 1 unspecified atom stereocenters. The Morgan fingerprint density at radius 1 is 1.16 bits per heavy atom. The van der Waals surface area contributed by atoms with E-state index in [0.717, 1.165) is 43.5 Å². The predicted octanol–water partition coefficient (Wildman–Crippen LogP) is 6.35. The molecule has 1 aromatic carbocycles. The van der Waals surface area contributed by atoms with Gasteiger partial charge in [0, 0.05) is 16.9 Å². The number of hydrogen-bond acceptors (Lipinski definition) is 2. The normalized spacial score (nSPS) is 24.2. The van der Waals surface area contributed by atoms with Crippen molar-refractivity contribution in [1.82, 2.24) is 0 Å². The van der Waals surface area contributed by atoms with Gasteiger partial charge in [0.15, 0.2) is 23.1 Å². The molecule has 1 aromatic rings. The topological polar surface area (TPSA) is 9.23 Å². The second kappa shape index (κ2) is 7.44. The molecule has 0 radical (unpaired) electrons. The maximum absolute atomic E-state index is 15.3. The van der Waals surface area contributed by atoms with Gasteiger partial charge in [-0.3, -0.25) is 0 Å². The van der Waals surface area contributed by atoms with Crippen molar-refractivity contribution in [2.75, 3.05) is 5.75 Å². The van der Waals surface area contributed by atoms with Crippen LogP contribution in [0.3, 0.4) is 0 Å². The summed E-state index contributed by atoms with van der Waals surface area (Å²) in [6.45, 7) is 1.81. The summed E-state index contributed by atoms with van der Waals surface area (Å²) in [4.78, 5) is 0.113. The number of benzene rings is 1. The number of halogens is 4. The van der Waals surface area contributed by atoms with Crippen molar-refractivity contribution in [3.05, 3.63) is 52.2 Å². The summed E-state index contributed by atoms with van der Waals surface area (Å²) in [6.07, 6.45) is 5.95. The Balaban J connectivity index is 1.94. The van der Waals surface area contributed by atoms with E-state index < -0.39 is 28.7 Å². The van der Waals surface area contributed by atoms with Gasteiger partial charge in [0.05, 0.1) is 6.10 Å². The lowest BCUT2D eigenvalue weighted by Gasteiger charge is -2.28. The molecule has 2 aliphatic rings. The van der Waals surface area contributed by atoms with E-state index in [4.69, 9.17) is 4.74 Å². The smallest absolute Gasteiger partial charge is 0.201 e. The summed E-state index contributed by atoms with van der Waals surface area (Å²) in [5.74, 6) is -3.40. The van der Waals surface area contributed by atoms with Crippen LogP contribution in [0.15, 0.2) is 35.0 Å². The van der Waals surface area contributed by atoms with Crippen molar-refractivity contribution in [3.63, 3.8) is 0 Å². The fourth-order valence-corrected chi connectivity index (χ4v) is 4.09. The maximum Gasteiger partial charge on any atom is 0.201 e. The highest BCUT2D eigenvalue weighted by Gasteiger charge is 2.43. The molecule has 0 bridgehead atoms. The first-order chi connectivity index (χ1) is 12.0. The molecule has 1 atom stereocenters. The van der Waals surface area contributed by atoms with E-state index in [-0.39, 0.29) is 23.2 Å². The van der Waals surface area contributed by atoms with Gasteiger partial charge in [0.25, 0.3) is 0 Å². The monoisotopic (exact) mass is 372 g/mol. The first kappa shape index (κ1) is 18.4. The van der Waals surface area contributed by atoms with Crippen LogP contribution >= 0.6 is 11.8 Å². The quantitative estimate of drug-likeness (QED) is 0.557. The van der Waals surface area contributed by atoms with Crippen LogP contribution in [0.5, 0.6) is 5.75 Å². The third-order valence-corrected chi connectivity index (χ3v) is 5.52. The molecule has 1 fully saturated rings. The van der Waals surface area contributed by atoms with Crippen LogP contribution in [0.1, 0.15) is 44.6 Å². The summed E-state index contributed by atoms with van der Waals surface area (Å²) in [6, 6.07) is 2.29. The van der Waals surface area contributed by atoms with Gasteiger partial charge in [-0.2, -0.15) is 4.39 Å². The Morgan fingerprint density at radius 3 is 2.56 bits per heavy atom. The largest absolute Gasteiger partial charge is 0.487 e. The molecule has 0 spiro atoms. The Bertz CT molecular complexity index is 710. The second-order valence-electron chi connectivity index (χ2n) is 6.28. The van der Waals surface area contributed by atoms with E-state index in [1.54, 1.807) is 0 Å². The molecule has 0 aromatic heterocycles. The zero-order chi connectivity index (χ0) is 18.0. The van der Waals surface area contributed by atoms with Crippen LogP contribution in [-0.2, 0) is 5.67 Å². The van der Waals surface area contributed by atoms with Gasteiger partial charge < -0.3 is 4.74 Å². The summed E-state index contributed by atoms with van der Waals surface area (Å²) >= 11 is 1.13. The third-order valence-electron chi connectivity index (χ3n) is 4.60. The number of thioether (sulfide) groups is 1. The molecule has 6 heteroatoms. The summed E-state index contributed by atoms with van der Waals surface area (Å²) < 4.78 is 64.3. The van der Waals surface area contributed by atoms with E-state index in [1.807, 2.05) is 6.92 Å². The average molecular weight is 372 g/mol. The van der Waals surface area contributed by atoms with Crippen molar-refractivity contribution in [3.8, 4) is 5.75 Å². The van der Waals surface area contributed by atoms with Gasteiger partial charge >= 0.3 is 0 Å². The van der Waals surface area contributed by atoms with Crippen molar-refractivity contribution >= 4 is 11.8 Å². The highest BCUT2D eigenvalue weighted by Crippen LogP contribution is 2.47. The van der Waals surface area contributed by atoms with Crippen LogP contribution in [0.25, 0.3) is 0 Å². The van der Waals surface area contributed by atoms with Crippen LogP contribution in [-0.4, -0.2) is 11.9 Å². The lowest BCUT2D eigenvalue weighted by Crippen LogP contribution is -2.25. The van der Waals surface area contributed by atoms with Gasteiger partial charge in [-0.05, 0) is 49.6 Å². The SMILES string of the molecule is CCSC1=C(F)C(F)(c2ccc(OC3CCCC3)c(F)c2F)CC=C1. The molecule has 1 saturated carbocycles. The average Bonchev–Trinajstić information content (AvgIpc) is 3.09. The van der Waals surface area contributed by atoms with Crippen LogP contribution in [0, 0.1) is 11.6 Å². The van der Waals surface area contributed by atoms with E-state index in [9.17, 15) is 13.2 Å². The standard InChI is InChI=1S/C19H20F4OS/c1-2-25-15-8-5-11-19(23,18(15)22)13-9-10-14(17(21)16(13)20)24-12-6-3-4-7-12/h5,8-10,12H,2-4,6-7,11H2,1H3. The Hall–Kier alpha value is -1.43. The molecule has 3 rings (SSSR count). The number of ether oxygens (including phenoxy) is 1. The van der Waals surface area contributed by atoms with Crippen molar-refractivity contribution in [2.45, 2.75) is 50.8 Å². The third kappa shape index (κ3) is 3.46. The molecular weight excluding hydrogens is 352 g/mol. The molecule has 25 heavy (non-hydrogen) atoms. The molecular formula is C19H20F4OS.